The van der Waals surface area contributed by atoms with Crippen LogP contribution in [0.4, 0.5) is 0 Å². The summed E-state index contributed by atoms with van der Waals surface area (Å²) in [4.78, 5) is 19.4. The fourth-order valence-corrected chi connectivity index (χ4v) is 4.57. The summed E-state index contributed by atoms with van der Waals surface area (Å²) >= 11 is 5.09. The smallest absolute Gasteiger partial charge is 0.267 e. The van der Waals surface area contributed by atoms with Gasteiger partial charge in [0.15, 0.2) is 0 Å². The second-order valence-electron chi connectivity index (χ2n) is 5.58. The zero-order valence-corrected chi connectivity index (χ0v) is 14.7. The number of rotatable bonds is 2. The van der Waals surface area contributed by atoms with Crippen LogP contribution >= 0.6 is 27.3 Å². The van der Waals surface area contributed by atoms with Crippen molar-refractivity contribution in [2.75, 3.05) is 0 Å². The number of benzene rings is 1. The third-order valence-corrected chi connectivity index (χ3v) is 5.73. The molecule has 1 aliphatic rings. The van der Waals surface area contributed by atoms with Gasteiger partial charge in [-0.1, -0.05) is 28.1 Å². The summed E-state index contributed by atoms with van der Waals surface area (Å²) in [6.45, 7) is 0. The summed E-state index contributed by atoms with van der Waals surface area (Å²) < 4.78 is 2.32. The number of fused-ring (bicyclic) bond motifs is 3. The van der Waals surface area contributed by atoms with Crippen LogP contribution in [0, 0.1) is 0 Å². The maximum atomic E-state index is 12.8. The Morgan fingerprint density at radius 1 is 1.30 bits per heavy atom. The van der Waals surface area contributed by atoms with Crippen LogP contribution in [0.2, 0.25) is 0 Å². The van der Waals surface area contributed by atoms with Crippen LogP contribution in [-0.2, 0) is 12.8 Å². The monoisotopic (exact) mass is 387 g/mol. The van der Waals surface area contributed by atoms with Gasteiger partial charge in [0.05, 0.1) is 11.6 Å². The number of hydrogen-bond acceptors (Lipinski definition) is 4. The van der Waals surface area contributed by atoms with Crippen molar-refractivity contribution in [3.63, 3.8) is 0 Å². The summed E-state index contributed by atoms with van der Waals surface area (Å²) in [5.74, 6) is 0. The molecule has 0 N–H and O–H groups in total. The Hall–Kier alpha value is -1.79. The van der Waals surface area contributed by atoms with Crippen LogP contribution in [0.25, 0.3) is 10.2 Å². The Kier molecular flexibility index (Phi) is 3.87. The molecule has 4 rings (SSSR count). The molecule has 0 amide bonds. The maximum Gasteiger partial charge on any atom is 0.282 e. The first-order valence-electron chi connectivity index (χ1n) is 7.54. The predicted octanol–water partition coefficient (Wildman–Crippen LogP) is 3.98. The number of aromatic nitrogens is 2. The lowest BCUT2D eigenvalue weighted by atomic mass is 9.97. The Balaban J connectivity index is 1.79. The normalized spacial score (nSPS) is 14.5. The first-order chi connectivity index (χ1) is 11.2. The molecule has 2 aromatic heterocycles. The van der Waals surface area contributed by atoms with Crippen molar-refractivity contribution in [1.82, 2.24) is 9.66 Å². The first kappa shape index (κ1) is 14.8. The first-order valence-corrected chi connectivity index (χ1v) is 9.15. The minimum absolute atomic E-state index is 0.0688. The molecule has 3 aromatic rings. The number of nitrogens with zero attached hydrogens (tertiary/aromatic N) is 3. The molecule has 2 heterocycles. The van der Waals surface area contributed by atoms with Gasteiger partial charge in [-0.3, -0.25) is 4.79 Å². The molecule has 0 fully saturated rings. The lowest BCUT2D eigenvalue weighted by molar-refractivity contribution is 0.699. The van der Waals surface area contributed by atoms with Crippen LogP contribution in [0.5, 0.6) is 0 Å². The summed E-state index contributed by atoms with van der Waals surface area (Å²) in [5.41, 5.74) is 2.06. The highest BCUT2D eigenvalue weighted by atomic mass is 79.9. The zero-order valence-electron chi connectivity index (χ0n) is 12.3. The van der Waals surface area contributed by atoms with Gasteiger partial charge in [-0.25, -0.2) is 4.98 Å². The topological polar surface area (TPSA) is 47.2 Å². The van der Waals surface area contributed by atoms with Crippen molar-refractivity contribution in [2.24, 2.45) is 5.10 Å². The molecule has 116 valence electrons. The molecule has 0 aliphatic heterocycles. The van der Waals surface area contributed by atoms with Crippen molar-refractivity contribution >= 4 is 43.7 Å². The molecule has 0 atom stereocenters. The van der Waals surface area contributed by atoms with E-state index in [0.29, 0.717) is 0 Å². The van der Waals surface area contributed by atoms with Gasteiger partial charge in [0.25, 0.3) is 5.56 Å². The minimum Gasteiger partial charge on any atom is -0.267 e. The van der Waals surface area contributed by atoms with E-state index in [1.807, 2.05) is 24.3 Å². The van der Waals surface area contributed by atoms with Crippen molar-refractivity contribution in [3.05, 3.63) is 61.4 Å². The lowest BCUT2D eigenvalue weighted by Gasteiger charge is -2.09. The van der Waals surface area contributed by atoms with Gasteiger partial charge >= 0.3 is 0 Å². The van der Waals surface area contributed by atoms with Crippen LogP contribution in [-0.4, -0.2) is 15.9 Å². The maximum absolute atomic E-state index is 12.8. The molecule has 1 aromatic carbocycles. The van der Waals surface area contributed by atoms with E-state index in [0.717, 1.165) is 39.5 Å². The van der Waals surface area contributed by atoms with E-state index in [2.05, 4.69) is 26.0 Å². The molecule has 0 radical (unpaired) electrons. The molecular formula is C17H14BrN3OS. The number of aryl methyl sites for hydroxylation is 2. The third kappa shape index (κ3) is 2.77. The Morgan fingerprint density at radius 3 is 3.04 bits per heavy atom. The van der Waals surface area contributed by atoms with E-state index in [1.54, 1.807) is 17.6 Å². The fourth-order valence-electron chi connectivity index (χ4n) is 2.94. The molecule has 0 unspecified atom stereocenters. The second-order valence-corrected chi connectivity index (χ2v) is 7.58. The minimum atomic E-state index is -0.0688. The van der Waals surface area contributed by atoms with Crippen molar-refractivity contribution in [2.45, 2.75) is 25.7 Å². The van der Waals surface area contributed by atoms with Gasteiger partial charge in [-0.15, -0.1) is 11.3 Å². The average molecular weight is 388 g/mol. The van der Waals surface area contributed by atoms with E-state index in [9.17, 15) is 4.79 Å². The molecule has 1 aliphatic carbocycles. The van der Waals surface area contributed by atoms with E-state index in [1.165, 1.54) is 27.9 Å². The van der Waals surface area contributed by atoms with Crippen LogP contribution in [0.3, 0.4) is 0 Å². The summed E-state index contributed by atoms with van der Waals surface area (Å²) in [5, 5.41) is 5.06. The molecule has 4 nitrogen and oxygen atoms in total. The summed E-state index contributed by atoms with van der Waals surface area (Å²) in [6, 6.07) is 7.78. The van der Waals surface area contributed by atoms with Crippen LogP contribution in [0.1, 0.15) is 28.8 Å². The molecule has 6 heteroatoms. The number of halogens is 1. The van der Waals surface area contributed by atoms with Crippen molar-refractivity contribution in [1.29, 1.82) is 0 Å². The number of thiophene rings is 1. The molecular weight excluding hydrogens is 374 g/mol. The summed E-state index contributed by atoms with van der Waals surface area (Å²) in [6.07, 6.45) is 7.59. The lowest BCUT2D eigenvalue weighted by Crippen LogP contribution is -2.18. The Labute approximate surface area is 145 Å². The number of hydrogen-bond donors (Lipinski definition) is 0. The highest BCUT2D eigenvalue weighted by Crippen LogP contribution is 2.33. The van der Waals surface area contributed by atoms with Gasteiger partial charge < -0.3 is 0 Å². The SMILES string of the molecule is O=c1c2c3c(sc2ncn1N=Cc1cccc(Br)c1)CCCC3. The largest absolute Gasteiger partial charge is 0.282 e. The van der Waals surface area contributed by atoms with E-state index >= 15 is 0 Å². The highest BCUT2D eigenvalue weighted by Gasteiger charge is 2.19. The van der Waals surface area contributed by atoms with Gasteiger partial charge in [-0.2, -0.15) is 9.78 Å². The fraction of sp³-hybridized carbons (Fsp3) is 0.235. The highest BCUT2D eigenvalue weighted by molar-refractivity contribution is 9.10. The van der Waals surface area contributed by atoms with E-state index in [-0.39, 0.29) is 5.56 Å². The zero-order chi connectivity index (χ0) is 15.8. The quantitative estimate of drug-likeness (QED) is 0.624. The Morgan fingerprint density at radius 2 is 2.17 bits per heavy atom. The van der Waals surface area contributed by atoms with Gasteiger partial charge in [0, 0.05) is 9.35 Å². The van der Waals surface area contributed by atoms with E-state index < -0.39 is 0 Å². The molecule has 23 heavy (non-hydrogen) atoms. The standard InChI is InChI=1S/C17H14BrN3OS/c18-12-5-3-4-11(8-12)9-20-21-10-19-16-15(17(21)22)13-6-1-2-7-14(13)23-16/h3-5,8-10H,1-2,6-7H2. The average Bonchev–Trinajstić information content (AvgIpc) is 2.93. The molecule has 0 bridgehead atoms. The van der Waals surface area contributed by atoms with Crippen LogP contribution < -0.4 is 5.56 Å². The molecule has 0 spiro atoms. The molecule has 0 saturated carbocycles. The van der Waals surface area contributed by atoms with Gasteiger partial charge in [0.1, 0.15) is 11.2 Å². The van der Waals surface area contributed by atoms with E-state index in [4.69, 9.17) is 0 Å². The van der Waals surface area contributed by atoms with Crippen molar-refractivity contribution < 1.29 is 0 Å². The molecule has 0 saturated heterocycles. The van der Waals surface area contributed by atoms with Crippen molar-refractivity contribution in [3.8, 4) is 0 Å². The van der Waals surface area contributed by atoms with Gasteiger partial charge in [0.2, 0.25) is 0 Å². The second kappa shape index (κ2) is 6.02. The summed E-state index contributed by atoms with van der Waals surface area (Å²) in [7, 11) is 0. The van der Waals surface area contributed by atoms with Crippen LogP contribution in [0.15, 0.2) is 45.0 Å². The van der Waals surface area contributed by atoms with Gasteiger partial charge in [-0.05, 0) is 48.9 Å². The third-order valence-electron chi connectivity index (χ3n) is 4.04. The predicted molar refractivity (Wildman–Crippen MR) is 97.7 cm³/mol. The Bertz CT molecular complexity index is 974.